The average molecular weight is 536 g/mol. The third kappa shape index (κ3) is 5.13. The fraction of sp³-hybridized carbons (Fsp3) is 0.0400. The van der Waals surface area contributed by atoms with E-state index in [4.69, 9.17) is 0 Å². The molecule has 1 N–H and O–H groups in total. The standard InChI is InChI=1S/C25H15F3N6O3S/c26-25(27,28)22-12-21(18-8-7-16-3-1-2-4-17(16)11-18)33(32-22)24-30-20(14-38-24)23(35)31-29-13-15-5-9-19(10-6-15)34(36)37/h1-14H,(H,31,35)/b29-13-. The number of non-ortho nitro benzene ring substituents is 1. The van der Waals surface area contributed by atoms with Gasteiger partial charge in [0.1, 0.15) is 5.69 Å². The van der Waals surface area contributed by atoms with Crippen LogP contribution in [0.3, 0.4) is 0 Å². The van der Waals surface area contributed by atoms with Gasteiger partial charge < -0.3 is 0 Å². The minimum absolute atomic E-state index is 0.0631. The summed E-state index contributed by atoms with van der Waals surface area (Å²) in [5.74, 6) is -0.693. The van der Waals surface area contributed by atoms with Gasteiger partial charge in [-0.25, -0.2) is 15.1 Å². The number of benzene rings is 3. The molecule has 0 saturated heterocycles. The Balaban J connectivity index is 1.41. The molecule has 1 amide bonds. The number of hydrazone groups is 1. The molecule has 0 spiro atoms. The number of halogens is 3. The van der Waals surface area contributed by atoms with Crippen LogP contribution in [0.5, 0.6) is 0 Å². The summed E-state index contributed by atoms with van der Waals surface area (Å²) in [6.45, 7) is 0. The number of aromatic nitrogens is 3. The van der Waals surface area contributed by atoms with Gasteiger partial charge in [0.25, 0.3) is 11.6 Å². The minimum atomic E-state index is -4.68. The zero-order chi connectivity index (χ0) is 26.9. The van der Waals surface area contributed by atoms with E-state index in [-0.39, 0.29) is 22.2 Å². The maximum absolute atomic E-state index is 13.5. The molecule has 0 saturated carbocycles. The summed E-state index contributed by atoms with van der Waals surface area (Å²) in [5, 5.41) is 21.5. The summed E-state index contributed by atoms with van der Waals surface area (Å²) >= 11 is 0.947. The van der Waals surface area contributed by atoms with Crippen LogP contribution in [0.1, 0.15) is 21.7 Å². The van der Waals surface area contributed by atoms with Gasteiger partial charge in [-0.1, -0.05) is 36.4 Å². The third-order valence-corrected chi connectivity index (χ3v) is 6.25. The van der Waals surface area contributed by atoms with E-state index < -0.39 is 22.7 Å². The number of nitrogens with zero attached hydrogens (tertiary/aromatic N) is 5. The van der Waals surface area contributed by atoms with Gasteiger partial charge >= 0.3 is 6.18 Å². The van der Waals surface area contributed by atoms with Crippen molar-refractivity contribution < 1.29 is 22.9 Å². The first-order valence-corrected chi connectivity index (χ1v) is 11.8. The normalized spacial score (nSPS) is 11.8. The van der Waals surface area contributed by atoms with Crippen molar-refractivity contribution >= 4 is 39.9 Å². The second kappa shape index (κ2) is 9.86. The molecular weight excluding hydrogens is 521 g/mol. The van der Waals surface area contributed by atoms with Crippen molar-refractivity contribution in [3.05, 3.63) is 105 Å². The van der Waals surface area contributed by atoms with E-state index in [1.165, 1.54) is 35.9 Å². The summed E-state index contributed by atoms with van der Waals surface area (Å²) in [6, 6.07) is 19.2. The predicted octanol–water partition coefficient (Wildman–Crippen LogP) is 5.84. The van der Waals surface area contributed by atoms with Crippen molar-refractivity contribution in [1.29, 1.82) is 0 Å². The van der Waals surface area contributed by atoms with Gasteiger partial charge in [0.05, 0.1) is 16.8 Å². The topological polar surface area (TPSA) is 115 Å². The van der Waals surface area contributed by atoms with Gasteiger partial charge in [-0.05, 0) is 40.6 Å². The number of carbonyl (C=O) groups is 1. The number of nitrogens with one attached hydrogen (secondary N) is 1. The van der Waals surface area contributed by atoms with Crippen LogP contribution in [0, 0.1) is 10.1 Å². The molecule has 3 aromatic carbocycles. The van der Waals surface area contributed by atoms with Crippen molar-refractivity contribution in [2.24, 2.45) is 5.10 Å². The number of thiazole rings is 1. The zero-order valence-corrected chi connectivity index (χ0v) is 19.9. The van der Waals surface area contributed by atoms with Crippen molar-refractivity contribution in [2.75, 3.05) is 0 Å². The number of hydrogen-bond donors (Lipinski definition) is 1. The van der Waals surface area contributed by atoms with Gasteiger partial charge in [-0.15, -0.1) is 11.3 Å². The summed E-state index contributed by atoms with van der Waals surface area (Å²) in [6.07, 6.45) is -3.39. The monoisotopic (exact) mass is 536 g/mol. The van der Waals surface area contributed by atoms with Crippen LogP contribution < -0.4 is 5.43 Å². The van der Waals surface area contributed by atoms with E-state index in [1.54, 1.807) is 18.2 Å². The Labute approximate surface area is 216 Å². The number of fused-ring (bicyclic) bond motifs is 1. The number of hydrogen-bond acceptors (Lipinski definition) is 7. The molecule has 0 unspecified atom stereocenters. The Morgan fingerprint density at radius 2 is 1.79 bits per heavy atom. The molecule has 0 fully saturated rings. The van der Waals surface area contributed by atoms with E-state index in [0.29, 0.717) is 11.1 Å². The summed E-state index contributed by atoms with van der Waals surface area (Å²) in [4.78, 5) is 26.9. The number of nitro groups is 1. The average Bonchev–Trinajstić information content (AvgIpc) is 3.56. The lowest BCUT2D eigenvalue weighted by molar-refractivity contribution is -0.384. The number of rotatable bonds is 6. The van der Waals surface area contributed by atoms with Crippen LogP contribution in [0.2, 0.25) is 0 Å². The highest BCUT2D eigenvalue weighted by molar-refractivity contribution is 7.12. The van der Waals surface area contributed by atoms with Gasteiger partial charge in [0, 0.05) is 23.1 Å². The molecular formula is C25H15F3N6O3S. The van der Waals surface area contributed by atoms with Crippen LogP contribution >= 0.6 is 11.3 Å². The maximum Gasteiger partial charge on any atom is 0.435 e. The number of amides is 1. The largest absolute Gasteiger partial charge is 0.435 e. The molecule has 0 radical (unpaired) electrons. The van der Waals surface area contributed by atoms with Crippen LogP contribution in [-0.2, 0) is 6.18 Å². The first-order valence-electron chi connectivity index (χ1n) is 10.9. The highest BCUT2D eigenvalue weighted by Crippen LogP contribution is 2.34. The molecule has 0 atom stereocenters. The zero-order valence-electron chi connectivity index (χ0n) is 19.1. The molecule has 2 aromatic heterocycles. The number of alkyl halides is 3. The second-order valence-electron chi connectivity index (χ2n) is 7.95. The predicted molar refractivity (Wildman–Crippen MR) is 135 cm³/mol. The highest BCUT2D eigenvalue weighted by atomic mass is 32.1. The summed E-state index contributed by atoms with van der Waals surface area (Å²) in [7, 11) is 0. The first kappa shape index (κ1) is 24.8. The van der Waals surface area contributed by atoms with E-state index in [9.17, 15) is 28.1 Å². The second-order valence-corrected chi connectivity index (χ2v) is 8.79. The molecule has 0 aliphatic carbocycles. The molecule has 9 nitrogen and oxygen atoms in total. The Morgan fingerprint density at radius 3 is 2.50 bits per heavy atom. The van der Waals surface area contributed by atoms with Crippen LogP contribution in [0.15, 0.2) is 83.3 Å². The lowest BCUT2D eigenvalue weighted by Crippen LogP contribution is -2.18. The lowest BCUT2D eigenvalue weighted by Gasteiger charge is -2.06. The van der Waals surface area contributed by atoms with Crippen molar-refractivity contribution in [1.82, 2.24) is 20.2 Å². The summed E-state index contributed by atoms with van der Waals surface area (Å²) in [5.41, 5.74) is 2.21. The Hall–Kier alpha value is -4.91. The van der Waals surface area contributed by atoms with E-state index in [0.717, 1.165) is 32.9 Å². The molecule has 13 heteroatoms. The highest BCUT2D eigenvalue weighted by Gasteiger charge is 2.35. The lowest BCUT2D eigenvalue weighted by atomic mass is 10.0. The fourth-order valence-electron chi connectivity index (χ4n) is 3.59. The van der Waals surface area contributed by atoms with Crippen LogP contribution in [0.4, 0.5) is 18.9 Å². The Bertz CT molecular complexity index is 1690. The minimum Gasteiger partial charge on any atom is -0.266 e. The molecule has 0 bridgehead atoms. The third-order valence-electron chi connectivity index (χ3n) is 5.43. The molecule has 38 heavy (non-hydrogen) atoms. The van der Waals surface area contributed by atoms with E-state index in [1.807, 2.05) is 24.3 Å². The van der Waals surface area contributed by atoms with Gasteiger partial charge in [0.2, 0.25) is 5.13 Å². The quantitative estimate of drug-likeness (QED) is 0.166. The van der Waals surface area contributed by atoms with Gasteiger partial charge in [-0.2, -0.15) is 23.4 Å². The van der Waals surface area contributed by atoms with Crippen LogP contribution in [-0.4, -0.2) is 31.8 Å². The number of nitro benzene ring substituents is 1. The van der Waals surface area contributed by atoms with Gasteiger partial charge in [0.15, 0.2) is 5.69 Å². The molecule has 5 rings (SSSR count). The number of carbonyl (C=O) groups excluding carboxylic acids is 1. The molecule has 2 heterocycles. The van der Waals surface area contributed by atoms with E-state index >= 15 is 0 Å². The van der Waals surface area contributed by atoms with Crippen molar-refractivity contribution in [3.63, 3.8) is 0 Å². The van der Waals surface area contributed by atoms with Crippen molar-refractivity contribution in [2.45, 2.75) is 6.18 Å². The Morgan fingerprint density at radius 1 is 1.05 bits per heavy atom. The van der Waals surface area contributed by atoms with E-state index in [2.05, 4.69) is 20.6 Å². The molecule has 0 aliphatic rings. The SMILES string of the molecule is O=C(N/N=C\c1ccc([N+](=O)[O-])cc1)c1csc(-n2nc(C(F)(F)F)cc2-c2ccc3ccccc3c2)n1. The molecule has 190 valence electrons. The molecule has 0 aliphatic heterocycles. The maximum atomic E-state index is 13.5. The van der Waals surface area contributed by atoms with Crippen LogP contribution in [0.25, 0.3) is 27.2 Å². The molecule has 5 aromatic rings. The first-order chi connectivity index (χ1) is 18.2. The summed E-state index contributed by atoms with van der Waals surface area (Å²) < 4.78 is 41.7. The van der Waals surface area contributed by atoms with Gasteiger partial charge in [-0.3, -0.25) is 14.9 Å². The fourth-order valence-corrected chi connectivity index (χ4v) is 4.36. The smallest absolute Gasteiger partial charge is 0.266 e. The van der Waals surface area contributed by atoms with Crippen molar-refractivity contribution in [3.8, 4) is 16.4 Å². The Kier molecular flexibility index (Phi) is 6.43.